The number of nitrogens with one attached hydrogen (secondary N) is 2. The molecule has 4 rings (SSSR count). The van der Waals surface area contributed by atoms with Crippen LogP contribution in [0.15, 0.2) is 42.6 Å². The molecule has 0 bridgehead atoms. The van der Waals surface area contributed by atoms with E-state index in [-0.39, 0.29) is 23.3 Å². The molecule has 27 heavy (non-hydrogen) atoms. The fourth-order valence-electron chi connectivity index (χ4n) is 4.39. The summed E-state index contributed by atoms with van der Waals surface area (Å²) in [4.78, 5) is 26.7. The summed E-state index contributed by atoms with van der Waals surface area (Å²) in [6.45, 7) is 1.49. The van der Waals surface area contributed by atoms with Crippen molar-refractivity contribution in [1.82, 2.24) is 20.4 Å². The molecule has 6 nitrogen and oxygen atoms in total. The average molecular weight is 366 g/mol. The summed E-state index contributed by atoms with van der Waals surface area (Å²) in [7, 11) is 0. The van der Waals surface area contributed by atoms with Crippen LogP contribution in [0.2, 0.25) is 0 Å². The van der Waals surface area contributed by atoms with Crippen molar-refractivity contribution in [1.29, 1.82) is 0 Å². The molecular formula is C21H26N4O2. The number of carbonyl (C=O) groups excluding carboxylic acids is 2. The Kier molecular flexibility index (Phi) is 4.97. The van der Waals surface area contributed by atoms with Crippen LogP contribution in [0.4, 0.5) is 0 Å². The number of hydrogen-bond acceptors (Lipinski definition) is 3. The molecule has 2 N–H and O–H groups in total. The molecule has 6 heteroatoms. The predicted molar refractivity (Wildman–Crippen MR) is 102 cm³/mol. The van der Waals surface area contributed by atoms with Crippen LogP contribution in [0.3, 0.4) is 0 Å². The molecule has 1 aliphatic heterocycles. The summed E-state index contributed by atoms with van der Waals surface area (Å²) in [5.74, 6) is 0.156. The van der Waals surface area contributed by atoms with Gasteiger partial charge in [-0.15, -0.1) is 0 Å². The van der Waals surface area contributed by atoms with Crippen molar-refractivity contribution in [3.05, 3.63) is 53.9 Å². The molecule has 1 saturated carbocycles. The van der Waals surface area contributed by atoms with Crippen LogP contribution in [0, 0.1) is 5.41 Å². The highest BCUT2D eigenvalue weighted by atomic mass is 16.2. The first kappa shape index (κ1) is 17.8. The second-order valence-corrected chi connectivity index (χ2v) is 7.77. The molecule has 2 fully saturated rings. The Labute approximate surface area is 159 Å². The number of H-pyrrole nitrogens is 1. The summed E-state index contributed by atoms with van der Waals surface area (Å²) in [5.41, 5.74) is 1.92. The minimum atomic E-state index is 0.0186. The number of rotatable bonds is 5. The van der Waals surface area contributed by atoms with Crippen LogP contribution in [-0.2, 0) is 11.2 Å². The maximum absolute atomic E-state index is 12.4. The quantitative estimate of drug-likeness (QED) is 0.854. The zero-order chi connectivity index (χ0) is 18.7. The number of aryl methyl sites for hydroxylation is 1. The third kappa shape index (κ3) is 3.75. The number of likely N-dealkylation sites (tertiary alicyclic amines) is 1. The Hall–Kier alpha value is -2.63. The van der Waals surface area contributed by atoms with Crippen molar-refractivity contribution in [2.75, 3.05) is 13.1 Å². The van der Waals surface area contributed by atoms with E-state index in [9.17, 15) is 9.59 Å². The standard InChI is InChI=1S/C21H26N4O2/c26-19(7-6-16-4-2-1-3-5-16)23-18-8-10-21(18)11-14-25(15-12-21)20(27)17-9-13-22-24-17/h1-5,9,13,18H,6-8,10-12,14-15H2,(H,22,24)(H,23,26). The molecule has 1 aromatic heterocycles. The molecule has 1 spiro atoms. The zero-order valence-corrected chi connectivity index (χ0v) is 15.5. The molecule has 1 aromatic carbocycles. The first-order valence-electron chi connectivity index (χ1n) is 9.78. The fourth-order valence-corrected chi connectivity index (χ4v) is 4.39. The predicted octanol–water partition coefficient (Wildman–Crippen LogP) is 2.54. The van der Waals surface area contributed by atoms with E-state index in [1.807, 2.05) is 23.1 Å². The van der Waals surface area contributed by atoms with Crippen LogP contribution in [-0.4, -0.2) is 46.0 Å². The molecule has 1 atom stereocenters. The van der Waals surface area contributed by atoms with Crippen molar-refractivity contribution >= 4 is 11.8 Å². The van der Waals surface area contributed by atoms with E-state index < -0.39 is 0 Å². The van der Waals surface area contributed by atoms with Gasteiger partial charge in [-0.05, 0) is 49.1 Å². The van der Waals surface area contributed by atoms with Gasteiger partial charge in [0.05, 0.1) is 0 Å². The number of aromatic amines is 1. The van der Waals surface area contributed by atoms with E-state index >= 15 is 0 Å². The molecule has 1 aliphatic carbocycles. The van der Waals surface area contributed by atoms with Crippen molar-refractivity contribution in [3.8, 4) is 0 Å². The zero-order valence-electron chi connectivity index (χ0n) is 15.5. The number of carbonyl (C=O) groups is 2. The summed E-state index contributed by atoms with van der Waals surface area (Å²) in [6.07, 6.45) is 7.01. The monoisotopic (exact) mass is 366 g/mol. The lowest BCUT2D eigenvalue weighted by Crippen LogP contribution is -2.59. The van der Waals surface area contributed by atoms with Crippen LogP contribution in [0.1, 0.15) is 48.2 Å². The third-order valence-corrected chi connectivity index (χ3v) is 6.27. The van der Waals surface area contributed by atoms with E-state index in [2.05, 4.69) is 27.6 Å². The second-order valence-electron chi connectivity index (χ2n) is 7.77. The largest absolute Gasteiger partial charge is 0.353 e. The number of aromatic nitrogens is 2. The lowest BCUT2D eigenvalue weighted by atomic mass is 9.59. The molecule has 0 radical (unpaired) electrons. The van der Waals surface area contributed by atoms with Gasteiger partial charge >= 0.3 is 0 Å². The van der Waals surface area contributed by atoms with Gasteiger partial charge in [0, 0.05) is 31.7 Å². The molecule has 1 unspecified atom stereocenters. The first-order chi connectivity index (χ1) is 13.2. The highest BCUT2D eigenvalue weighted by molar-refractivity contribution is 5.92. The molecule has 2 amide bonds. The van der Waals surface area contributed by atoms with Crippen LogP contribution in [0.5, 0.6) is 0 Å². The molecule has 2 heterocycles. The first-order valence-corrected chi connectivity index (χ1v) is 9.78. The van der Waals surface area contributed by atoms with E-state index in [1.165, 1.54) is 5.56 Å². The highest BCUT2D eigenvalue weighted by Gasteiger charge is 2.49. The Morgan fingerprint density at radius 3 is 2.56 bits per heavy atom. The Bertz CT molecular complexity index is 780. The van der Waals surface area contributed by atoms with Gasteiger partial charge in [0.2, 0.25) is 5.91 Å². The lowest BCUT2D eigenvalue weighted by molar-refractivity contribution is -0.125. The van der Waals surface area contributed by atoms with Crippen molar-refractivity contribution in [3.63, 3.8) is 0 Å². The van der Waals surface area contributed by atoms with Gasteiger partial charge in [-0.3, -0.25) is 14.7 Å². The van der Waals surface area contributed by atoms with Crippen molar-refractivity contribution in [2.24, 2.45) is 5.41 Å². The van der Waals surface area contributed by atoms with Gasteiger partial charge in [-0.1, -0.05) is 30.3 Å². The number of amides is 2. The summed E-state index contributed by atoms with van der Waals surface area (Å²) < 4.78 is 0. The maximum Gasteiger partial charge on any atom is 0.271 e. The smallest absolute Gasteiger partial charge is 0.271 e. The minimum Gasteiger partial charge on any atom is -0.353 e. The molecular weight excluding hydrogens is 340 g/mol. The van der Waals surface area contributed by atoms with E-state index in [0.717, 1.165) is 45.2 Å². The van der Waals surface area contributed by atoms with Gasteiger partial charge in [-0.2, -0.15) is 5.10 Å². The third-order valence-electron chi connectivity index (χ3n) is 6.27. The number of nitrogens with zero attached hydrogens (tertiary/aromatic N) is 2. The van der Waals surface area contributed by atoms with Gasteiger partial charge in [0.15, 0.2) is 0 Å². The minimum absolute atomic E-state index is 0.0186. The number of piperidine rings is 1. The van der Waals surface area contributed by atoms with Crippen molar-refractivity contribution < 1.29 is 9.59 Å². The van der Waals surface area contributed by atoms with E-state index in [4.69, 9.17) is 0 Å². The number of benzene rings is 1. The average Bonchev–Trinajstić information content (AvgIpc) is 3.25. The topological polar surface area (TPSA) is 78.1 Å². The van der Waals surface area contributed by atoms with Crippen LogP contribution >= 0.6 is 0 Å². The lowest BCUT2D eigenvalue weighted by Gasteiger charge is -2.54. The second kappa shape index (κ2) is 7.55. The van der Waals surface area contributed by atoms with Crippen LogP contribution in [0.25, 0.3) is 0 Å². The van der Waals surface area contributed by atoms with Gasteiger partial charge in [-0.25, -0.2) is 0 Å². The van der Waals surface area contributed by atoms with Gasteiger partial charge in [0.1, 0.15) is 5.69 Å². The molecule has 2 aromatic rings. The fraction of sp³-hybridized carbons (Fsp3) is 0.476. The molecule has 1 saturated heterocycles. The van der Waals surface area contributed by atoms with Crippen molar-refractivity contribution in [2.45, 2.75) is 44.6 Å². The van der Waals surface area contributed by atoms with Crippen LogP contribution < -0.4 is 5.32 Å². The summed E-state index contributed by atoms with van der Waals surface area (Å²) in [5, 5.41) is 9.87. The van der Waals surface area contributed by atoms with E-state index in [1.54, 1.807) is 12.3 Å². The SMILES string of the molecule is O=C(CCc1ccccc1)NC1CCC12CCN(C(=O)c1ccn[nH]1)CC2. The highest BCUT2D eigenvalue weighted by Crippen LogP contribution is 2.49. The normalized spacial score (nSPS) is 20.9. The Balaban J connectivity index is 1.26. The molecule has 142 valence electrons. The van der Waals surface area contributed by atoms with E-state index in [0.29, 0.717) is 12.1 Å². The van der Waals surface area contributed by atoms with Gasteiger partial charge in [0.25, 0.3) is 5.91 Å². The summed E-state index contributed by atoms with van der Waals surface area (Å²) in [6, 6.07) is 12.1. The maximum atomic E-state index is 12.4. The number of hydrogen-bond donors (Lipinski definition) is 2. The van der Waals surface area contributed by atoms with Gasteiger partial charge < -0.3 is 10.2 Å². The molecule has 2 aliphatic rings. The summed E-state index contributed by atoms with van der Waals surface area (Å²) >= 11 is 0. The Morgan fingerprint density at radius 1 is 1.15 bits per heavy atom. The Morgan fingerprint density at radius 2 is 1.93 bits per heavy atom.